The first-order valence-corrected chi connectivity index (χ1v) is 5.88. The predicted molar refractivity (Wildman–Crippen MR) is 72.8 cm³/mol. The Morgan fingerprint density at radius 3 is 2.25 bits per heavy atom. The van der Waals surface area contributed by atoms with Gasteiger partial charge in [0.15, 0.2) is 11.5 Å². The molecule has 102 valence electrons. The lowest BCUT2D eigenvalue weighted by molar-refractivity contribution is 0.0844. The lowest BCUT2D eigenvalue weighted by Gasteiger charge is -2.07. The Labute approximate surface area is 119 Å². The number of halogens is 1. The van der Waals surface area contributed by atoms with Crippen molar-refractivity contribution >= 4 is 29.2 Å². The Balaban J connectivity index is 1.99. The molecule has 0 aliphatic rings. The van der Waals surface area contributed by atoms with Crippen LogP contribution < -0.4 is 16.6 Å². The smallest absolute Gasteiger partial charge is 0.292 e. The number of amides is 2. The summed E-state index contributed by atoms with van der Waals surface area (Å²) in [7, 11) is 0. The number of rotatable bonds is 2. The Hall–Kier alpha value is -2.67. The predicted octanol–water partition coefficient (Wildman–Crippen LogP) is 0.787. The second-order valence-corrected chi connectivity index (χ2v) is 4.14. The number of anilines is 1. The fourth-order valence-electron chi connectivity index (χ4n) is 1.37. The summed E-state index contributed by atoms with van der Waals surface area (Å²) in [6, 6.07) is 6.19. The molecule has 0 spiro atoms. The number of nitrogens with two attached hydrogens (primary N) is 1. The second kappa shape index (κ2) is 5.98. The maximum atomic E-state index is 11.7. The van der Waals surface area contributed by atoms with Crippen molar-refractivity contribution in [3.05, 3.63) is 52.9 Å². The molecule has 0 aliphatic carbocycles. The van der Waals surface area contributed by atoms with E-state index in [9.17, 15) is 9.59 Å². The van der Waals surface area contributed by atoms with Crippen molar-refractivity contribution < 1.29 is 9.59 Å². The number of benzene rings is 1. The van der Waals surface area contributed by atoms with Crippen LogP contribution in [-0.2, 0) is 0 Å². The number of nitrogens with one attached hydrogen (secondary N) is 2. The van der Waals surface area contributed by atoms with Crippen molar-refractivity contribution in [3.8, 4) is 0 Å². The van der Waals surface area contributed by atoms with Crippen molar-refractivity contribution in [1.29, 1.82) is 0 Å². The molecule has 1 heterocycles. The van der Waals surface area contributed by atoms with Gasteiger partial charge in [0, 0.05) is 23.0 Å². The van der Waals surface area contributed by atoms with E-state index in [1.54, 1.807) is 12.1 Å². The standard InChI is InChI=1S/C12H10ClN5O2/c13-8-3-1-7(2-4-8)11(19)17-18-12(20)9-10(14)16-6-5-15-9/h1-6H,(H2,14,16)(H,17,19)(H,18,20). The minimum absolute atomic E-state index is 0.0225. The molecule has 2 aromatic rings. The van der Waals surface area contributed by atoms with Crippen molar-refractivity contribution in [2.75, 3.05) is 5.73 Å². The molecule has 4 N–H and O–H groups in total. The van der Waals surface area contributed by atoms with Crippen LogP contribution in [0, 0.1) is 0 Å². The van der Waals surface area contributed by atoms with Gasteiger partial charge < -0.3 is 5.73 Å². The zero-order chi connectivity index (χ0) is 14.5. The fourth-order valence-corrected chi connectivity index (χ4v) is 1.50. The van der Waals surface area contributed by atoms with E-state index < -0.39 is 11.8 Å². The third kappa shape index (κ3) is 3.21. The van der Waals surface area contributed by atoms with Crippen molar-refractivity contribution in [3.63, 3.8) is 0 Å². The molecule has 0 fully saturated rings. The first-order chi connectivity index (χ1) is 9.58. The van der Waals surface area contributed by atoms with Crippen molar-refractivity contribution in [2.45, 2.75) is 0 Å². The molecule has 7 nitrogen and oxygen atoms in total. The number of hydrazine groups is 1. The molecular formula is C12H10ClN5O2. The molecule has 0 aliphatic heterocycles. The summed E-state index contributed by atoms with van der Waals surface area (Å²) in [5, 5.41) is 0.512. The highest BCUT2D eigenvalue weighted by atomic mass is 35.5. The Morgan fingerprint density at radius 1 is 1.00 bits per heavy atom. The van der Waals surface area contributed by atoms with E-state index in [1.807, 2.05) is 0 Å². The average molecular weight is 292 g/mol. The summed E-state index contributed by atoms with van der Waals surface area (Å²) in [4.78, 5) is 31.0. The zero-order valence-electron chi connectivity index (χ0n) is 10.1. The third-order valence-corrected chi connectivity index (χ3v) is 2.59. The van der Waals surface area contributed by atoms with E-state index in [4.69, 9.17) is 17.3 Å². The fraction of sp³-hybridized carbons (Fsp3) is 0. The molecule has 2 amide bonds. The molecule has 0 radical (unpaired) electrons. The van der Waals surface area contributed by atoms with Gasteiger partial charge in [0.1, 0.15) is 0 Å². The number of nitrogen functional groups attached to an aromatic ring is 1. The van der Waals surface area contributed by atoms with Crippen molar-refractivity contribution in [2.24, 2.45) is 0 Å². The highest BCUT2D eigenvalue weighted by Crippen LogP contribution is 2.09. The summed E-state index contributed by atoms with van der Waals surface area (Å²) in [5.41, 5.74) is 10.2. The Bertz CT molecular complexity index is 645. The number of hydrogen-bond acceptors (Lipinski definition) is 5. The van der Waals surface area contributed by atoms with Crippen molar-refractivity contribution in [1.82, 2.24) is 20.8 Å². The molecule has 20 heavy (non-hydrogen) atoms. The Morgan fingerprint density at radius 2 is 1.60 bits per heavy atom. The first kappa shape index (κ1) is 13.8. The van der Waals surface area contributed by atoms with Gasteiger partial charge in [0.05, 0.1) is 0 Å². The van der Waals surface area contributed by atoms with Gasteiger partial charge >= 0.3 is 0 Å². The molecule has 0 bridgehead atoms. The zero-order valence-corrected chi connectivity index (χ0v) is 10.9. The van der Waals surface area contributed by atoms with Crippen LogP contribution in [0.25, 0.3) is 0 Å². The van der Waals surface area contributed by atoms with Gasteiger partial charge in [-0.05, 0) is 24.3 Å². The van der Waals surface area contributed by atoms with Gasteiger partial charge in [0.25, 0.3) is 11.8 Å². The van der Waals surface area contributed by atoms with E-state index >= 15 is 0 Å². The average Bonchev–Trinajstić information content (AvgIpc) is 2.45. The number of carbonyl (C=O) groups is 2. The molecular weight excluding hydrogens is 282 g/mol. The van der Waals surface area contributed by atoms with Crippen LogP contribution in [0.5, 0.6) is 0 Å². The molecule has 1 aromatic heterocycles. The highest BCUT2D eigenvalue weighted by Gasteiger charge is 2.13. The maximum Gasteiger partial charge on any atom is 0.292 e. The van der Waals surface area contributed by atoms with Crippen LogP contribution in [0.4, 0.5) is 5.82 Å². The number of nitrogens with zero attached hydrogens (tertiary/aromatic N) is 2. The molecule has 0 unspecified atom stereocenters. The van der Waals surface area contributed by atoms with Crippen LogP contribution >= 0.6 is 11.6 Å². The monoisotopic (exact) mass is 291 g/mol. The van der Waals surface area contributed by atoms with Crippen LogP contribution in [-0.4, -0.2) is 21.8 Å². The molecule has 0 saturated heterocycles. The highest BCUT2D eigenvalue weighted by molar-refractivity contribution is 6.30. The van der Waals surface area contributed by atoms with Crippen LogP contribution in [0.15, 0.2) is 36.7 Å². The summed E-state index contributed by atoms with van der Waals surface area (Å²) < 4.78 is 0. The minimum atomic E-state index is -0.655. The molecule has 2 rings (SSSR count). The van der Waals surface area contributed by atoms with E-state index in [0.717, 1.165) is 0 Å². The summed E-state index contributed by atoms with van der Waals surface area (Å²) >= 11 is 5.71. The SMILES string of the molecule is Nc1nccnc1C(=O)NNC(=O)c1ccc(Cl)cc1. The summed E-state index contributed by atoms with van der Waals surface area (Å²) in [6.45, 7) is 0. The summed E-state index contributed by atoms with van der Waals surface area (Å²) in [6.07, 6.45) is 2.69. The van der Waals surface area contributed by atoms with E-state index in [-0.39, 0.29) is 11.5 Å². The topological polar surface area (TPSA) is 110 Å². The second-order valence-electron chi connectivity index (χ2n) is 3.71. The number of carbonyl (C=O) groups excluding carboxylic acids is 2. The quantitative estimate of drug-likeness (QED) is 0.709. The molecule has 1 aromatic carbocycles. The van der Waals surface area contributed by atoms with E-state index in [2.05, 4.69) is 20.8 Å². The van der Waals surface area contributed by atoms with Gasteiger partial charge in [-0.2, -0.15) is 0 Å². The Kier molecular flexibility index (Phi) is 4.11. The van der Waals surface area contributed by atoms with E-state index in [1.165, 1.54) is 24.5 Å². The maximum absolute atomic E-state index is 11.7. The van der Waals surface area contributed by atoms with Crippen LogP contribution in [0.3, 0.4) is 0 Å². The van der Waals surface area contributed by atoms with E-state index in [0.29, 0.717) is 10.6 Å². The largest absolute Gasteiger partial charge is 0.382 e. The van der Waals surface area contributed by atoms with Crippen LogP contribution in [0.1, 0.15) is 20.8 Å². The minimum Gasteiger partial charge on any atom is -0.382 e. The molecule has 8 heteroatoms. The first-order valence-electron chi connectivity index (χ1n) is 5.50. The van der Waals surface area contributed by atoms with Crippen LogP contribution in [0.2, 0.25) is 5.02 Å². The molecule has 0 saturated carbocycles. The summed E-state index contributed by atoms with van der Waals surface area (Å²) in [5.74, 6) is -1.17. The van der Waals surface area contributed by atoms with Gasteiger partial charge in [-0.25, -0.2) is 9.97 Å². The van der Waals surface area contributed by atoms with Gasteiger partial charge in [-0.3, -0.25) is 20.4 Å². The lowest BCUT2D eigenvalue weighted by atomic mass is 10.2. The molecule has 0 atom stereocenters. The van der Waals surface area contributed by atoms with Gasteiger partial charge in [0.2, 0.25) is 0 Å². The third-order valence-electron chi connectivity index (χ3n) is 2.34. The van der Waals surface area contributed by atoms with Gasteiger partial charge in [-0.15, -0.1) is 0 Å². The number of hydrogen-bond donors (Lipinski definition) is 3. The lowest BCUT2D eigenvalue weighted by Crippen LogP contribution is -2.42. The van der Waals surface area contributed by atoms with Gasteiger partial charge in [-0.1, -0.05) is 11.6 Å². The number of aromatic nitrogens is 2. The normalized spacial score (nSPS) is 9.85.